The Kier molecular flexibility index (Phi) is 4.97. The van der Waals surface area contributed by atoms with E-state index in [1.165, 1.54) is 50.8 Å². The summed E-state index contributed by atoms with van der Waals surface area (Å²) in [6.07, 6.45) is 8.01. The lowest BCUT2D eigenvalue weighted by Gasteiger charge is -2.34. The molecule has 1 saturated carbocycles. The fraction of sp³-hybridized carbons (Fsp3) is 0.684. The average Bonchev–Trinajstić information content (AvgIpc) is 3.33. The van der Waals surface area contributed by atoms with Gasteiger partial charge in [-0.25, -0.2) is 0 Å². The van der Waals surface area contributed by atoms with E-state index in [0.717, 1.165) is 18.4 Å². The first kappa shape index (κ1) is 15.1. The Morgan fingerprint density at radius 3 is 2.71 bits per heavy atom. The summed E-state index contributed by atoms with van der Waals surface area (Å²) in [5.74, 6) is 0.755. The number of nitrogens with zero attached hydrogens (tertiary/aromatic N) is 1. The first-order chi connectivity index (χ1) is 10.3. The van der Waals surface area contributed by atoms with Gasteiger partial charge in [-0.1, -0.05) is 37.6 Å². The van der Waals surface area contributed by atoms with Crippen LogP contribution < -0.4 is 5.32 Å². The monoisotopic (exact) mass is 286 g/mol. The molecule has 1 aromatic rings. The van der Waals surface area contributed by atoms with Crippen LogP contribution >= 0.6 is 0 Å². The minimum Gasteiger partial charge on any atom is -0.314 e. The van der Waals surface area contributed by atoms with Crippen LogP contribution in [0.4, 0.5) is 0 Å². The van der Waals surface area contributed by atoms with Gasteiger partial charge in [-0.05, 0) is 62.7 Å². The maximum Gasteiger partial charge on any atom is 0.0388 e. The number of nitrogens with one attached hydrogen (secondary N) is 1. The van der Waals surface area contributed by atoms with E-state index in [1.54, 1.807) is 5.56 Å². The van der Waals surface area contributed by atoms with Gasteiger partial charge in [-0.2, -0.15) is 0 Å². The fourth-order valence-corrected chi connectivity index (χ4v) is 3.88. The Balaban J connectivity index is 1.83. The highest BCUT2D eigenvalue weighted by molar-refractivity contribution is 5.31. The predicted molar refractivity (Wildman–Crippen MR) is 89.6 cm³/mol. The van der Waals surface area contributed by atoms with Crippen LogP contribution in [0.3, 0.4) is 0 Å². The number of aryl methyl sites for hydroxylation is 1. The van der Waals surface area contributed by atoms with Gasteiger partial charge in [0.2, 0.25) is 0 Å². The summed E-state index contributed by atoms with van der Waals surface area (Å²) in [6.45, 7) is 4.72. The Hall–Kier alpha value is -0.860. The number of hydrogen-bond donors (Lipinski definition) is 1. The number of hydrogen-bond acceptors (Lipinski definition) is 2. The largest absolute Gasteiger partial charge is 0.314 e. The summed E-state index contributed by atoms with van der Waals surface area (Å²) in [5, 5.41) is 3.79. The molecule has 2 aliphatic rings. The van der Waals surface area contributed by atoms with E-state index in [2.05, 4.69) is 48.5 Å². The molecule has 116 valence electrons. The maximum atomic E-state index is 3.79. The molecule has 0 spiro atoms. The van der Waals surface area contributed by atoms with Crippen LogP contribution in [0.15, 0.2) is 24.3 Å². The van der Waals surface area contributed by atoms with Crippen LogP contribution in [0.25, 0.3) is 0 Å². The molecule has 0 radical (unpaired) electrons. The lowest BCUT2D eigenvalue weighted by Crippen LogP contribution is -2.36. The Bertz CT molecular complexity index is 453. The molecule has 1 aliphatic carbocycles. The molecular weight excluding hydrogens is 256 g/mol. The van der Waals surface area contributed by atoms with Gasteiger partial charge < -0.3 is 5.32 Å². The Morgan fingerprint density at radius 2 is 1.95 bits per heavy atom. The molecule has 1 aliphatic heterocycles. The van der Waals surface area contributed by atoms with Gasteiger partial charge in [-0.3, -0.25) is 4.90 Å². The summed E-state index contributed by atoms with van der Waals surface area (Å²) in [7, 11) is 2.33. The Morgan fingerprint density at radius 1 is 1.14 bits per heavy atom. The summed E-state index contributed by atoms with van der Waals surface area (Å²) in [4.78, 5) is 2.61. The molecule has 2 fully saturated rings. The lowest BCUT2D eigenvalue weighted by atomic mass is 9.86. The van der Waals surface area contributed by atoms with E-state index >= 15 is 0 Å². The average molecular weight is 286 g/mol. The molecule has 0 amide bonds. The van der Waals surface area contributed by atoms with Gasteiger partial charge in [-0.15, -0.1) is 0 Å². The third-order valence-corrected chi connectivity index (χ3v) is 5.26. The fourth-order valence-electron chi connectivity index (χ4n) is 3.88. The number of likely N-dealkylation sites (tertiary alicyclic amines) is 1. The van der Waals surface area contributed by atoms with Crippen LogP contribution in [0.5, 0.6) is 0 Å². The predicted octanol–water partition coefficient (Wildman–Crippen LogP) is 3.77. The molecule has 2 heteroatoms. The highest BCUT2D eigenvalue weighted by Gasteiger charge is 2.31. The van der Waals surface area contributed by atoms with Gasteiger partial charge in [0, 0.05) is 18.6 Å². The minimum absolute atomic E-state index is 0.592. The SMILES string of the molecule is CCc1ccccc1C1C(CNC2CC2)CCCCN1C. The molecule has 1 N–H and O–H groups in total. The van der Waals surface area contributed by atoms with Gasteiger partial charge >= 0.3 is 0 Å². The second-order valence-corrected chi connectivity index (χ2v) is 6.92. The molecule has 2 atom stereocenters. The number of benzene rings is 1. The zero-order valence-electron chi connectivity index (χ0n) is 13.6. The molecular formula is C19H30N2. The second kappa shape index (κ2) is 6.93. The first-order valence-corrected chi connectivity index (χ1v) is 8.81. The molecule has 0 aromatic heterocycles. The van der Waals surface area contributed by atoms with Crippen molar-refractivity contribution < 1.29 is 0 Å². The van der Waals surface area contributed by atoms with E-state index < -0.39 is 0 Å². The smallest absolute Gasteiger partial charge is 0.0388 e. The standard InChI is InChI=1S/C19H30N2/c1-3-15-8-4-5-10-18(15)19-16(14-20-17-11-12-17)9-6-7-13-21(19)2/h4-5,8,10,16-17,19-20H,3,6-7,9,11-14H2,1-2H3. The highest BCUT2D eigenvalue weighted by Crippen LogP contribution is 2.36. The van der Waals surface area contributed by atoms with Crippen LogP contribution in [-0.2, 0) is 6.42 Å². The summed E-state index contributed by atoms with van der Waals surface area (Å²) in [6, 6.07) is 10.5. The molecule has 21 heavy (non-hydrogen) atoms. The second-order valence-electron chi connectivity index (χ2n) is 6.92. The summed E-state index contributed by atoms with van der Waals surface area (Å²) < 4.78 is 0. The van der Waals surface area contributed by atoms with Crippen LogP contribution in [0.2, 0.25) is 0 Å². The van der Waals surface area contributed by atoms with E-state index in [4.69, 9.17) is 0 Å². The van der Waals surface area contributed by atoms with Crippen molar-refractivity contribution in [2.45, 2.75) is 57.5 Å². The lowest BCUT2D eigenvalue weighted by molar-refractivity contribution is 0.188. The number of rotatable bonds is 5. The molecule has 1 aromatic carbocycles. The van der Waals surface area contributed by atoms with Crippen molar-refractivity contribution in [1.29, 1.82) is 0 Å². The third kappa shape index (κ3) is 3.67. The van der Waals surface area contributed by atoms with Gasteiger partial charge in [0.1, 0.15) is 0 Å². The normalized spacial score (nSPS) is 27.5. The minimum atomic E-state index is 0.592. The maximum absolute atomic E-state index is 3.79. The van der Waals surface area contributed by atoms with Crippen molar-refractivity contribution in [2.75, 3.05) is 20.1 Å². The van der Waals surface area contributed by atoms with Crippen LogP contribution in [0.1, 0.15) is 56.2 Å². The Labute approximate surface area is 129 Å². The zero-order chi connectivity index (χ0) is 14.7. The van der Waals surface area contributed by atoms with E-state index in [1.807, 2.05) is 0 Å². The van der Waals surface area contributed by atoms with E-state index in [9.17, 15) is 0 Å². The van der Waals surface area contributed by atoms with Crippen molar-refractivity contribution >= 4 is 0 Å². The van der Waals surface area contributed by atoms with E-state index in [-0.39, 0.29) is 0 Å². The molecule has 1 heterocycles. The highest BCUT2D eigenvalue weighted by atomic mass is 15.1. The topological polar surface area (TPSA) is 15.3 Å². The molecule has 2 unspecified atom stereocenters. The molecule has 0 bridgehead atoms. The molecule has 2 nitrogen and oxygen atoms in total. The summed E-state index contributed by atoms with van der Waals surface area (Å²) in [5.41, 5.74) is 3.11. The van der Waals surface area contributed by atoms with Crippen molar-refractivity contribution in [2.24, 2.45) is 5.92 Å². The summed E-state index contributed by atoms with van der Waals surface area (Å²) >= 11 is 0. The van der Waals surface area contributed by atoms with Crippen molar-refractivity contribution in [1.82, 2.24) is 10.2 Å². The van der Waals surface area contributed by atoms with Gasteiger partial charge in [0.05, 0.1) is 0 Å². The van der Waals surface area contributed by atoms with Crippen LogP contribution in [0, 0.1) is 5.92 Å². The van der Waals surface area contributed by atoms with Gasteiger partial charge in [0.25, 0.3) is 0 Å². The third-order valence-electron chi connectivity index (χ3n) is 5.26. The molecule has 1 saturated heterocycles. The molecule has 3 rings (SSSR count). The quantitative estimate of drug-likeness (QED) is 0.886. The zero-order valence-corrected chi connectivity index (χ0v) is 13.6. The van der Waals surface area contributed by atoms with Gasteiger partial charge in [0.15, 0.2) is 0 Å². The van der Waals surface area contributed by atoms with Crippen molar-refractivity contribution in [3.63, 3.8) is 0 Å². The first-order valence-electron chi connectivity index (χ1n) is 8.81. The van der Waals surface area contributed by atoms with Crippen molar-refractivity contribution in [3.05, 3.63) is 35.4 Å². The van der Waals surface area contributed by atoms with Crippen LogP contribution in [-0.4, -0.2) is 31.1 Å². The van der Waals surface area contributed by atoms with E-state index in [0.29, 0.717) is 6.04 Å². The van der Waals surface area contributed by atoms with Crippen molar-refractivity contribution in [3.8, 4) is 0 Å².